The van der Waals surface area contributed by atoms with Gasteiger partial charge in [0.1, 0.15) is 11.5 Å². The first-order valence-corrected chi connectivity index (χ1v) is 7.00. The Morgan fingerprint density at radius 3 is 2.50 bits per heavy atom. The molecule has 1 saturated heterocycles. The molecule has 1 amide bonds. The highest BCUT2D eigenvalue weighted by molar-refractivity contribution is 5.92. The maximum atomic E-state index is 12.4. The van der Waals surface area contributed by atoms with E-state index in [4.69, 9.17) is 5.11 Å². The van der Waals surface area contributed by atoms with Crippen LogP contribution >= 0.6 is 0 Å². The van der Waals surface area contributed by atoms with Gasteiger partial charge in [-0.2, -0.15) is 0 Å². The van der Waals surface area contributed by atoms with Gasteiger partial charge in [0, 0.05) is 25.2 Å². The molecule has 1 aliphatic carbocycles. The molecule has 1 N–H and O–H groups in total. The lowest BCUT2D eigenvalue weighted by atomic mass is 9.97. The first-order valence-electron chi connectivity index (χ1n) is 7.00. The van der Waals surface area contributed by atoms with Crippen LogP contribution in [0.2, 0.25) is 0 Å². The van der Waals surface area contributed by atoms with Crippen molar-refractivity contribution in [3.05, 3.63) is 23.8 Å². The van der Waals surface area contributed by atoms with E-state index in [1.807, 2.05) is 0 Å². The second-order valence-corrected chi connectivity index (χ2v) is 5.48. The van der Waals surface area contributed by atoms with Crippen molar-refractivity contribution in [3.8, 4) is 0 Å². The minimum Gasteiger partial charge on any atom is -0.481 e. The highest BCUT2D eigenvalue weighted by atomic mass is 16.4. The number of piperidine rings is 1. The summed E-state index contributed by atoms with van der Waals surface area (Å²) in [5, 5.41) is 8.96. The smallest absolute Gasteiger partial charge is 0.306 e. The number of carbonyl (C=O) groups excluding carboxylic acids is 1. The van der Waals surface area contributed by atoms with E-state index in [9.17, 15) is 9.59 Å². The summed E-state index contributed by atoms with van der Waals surface area (Å²) in [6.07, 6.45) is 4.87. The third-order valence-corrected chi connectivity index (χ3v) is 3.97. The Hall–Kier alpha value is -1.98. The molecule has 1 saturated carbocycles. The van der Waals surface area contributed by atoms with Crippen molar-refractivity contribution < 1.29 is 14.7 Å². The zero-order chi connectivity index (χ0) is 14.1. The number of carboxylic acids is 1. The normalized spacial score (nSPS) is 19.9. The van der Waals surface area contributed by atoms with Gasteiger partial charge in [-0.05, 0) is 31.7 Å². The van der Waals surface area contributed by atoms with Gasteiger partial charge in [0.2, 0.25) is 0 Å². The van der Waals surface area contributed by atoms with Crippen molar-refractivity contribution in [2.24, 2.45) is 5.92 Å². The summed E-state index contributed by atoms with van der Waals surface area (Å²) >= 11 is 0. The molecule has 0 bridgehead atoms. The fraction of sp³-hybridized carbons (Fsp3) is 0.571. The summed E-state index contributed by atoms with van der Waals surface area (Å²) < 4.78 is 0. The van der Waals surface area contributed by atoms with Crippen LogP contribution in [0.1, 0.15) is 47.9 Å². The van der Waals surface area contributed by atoms with Crippen molar-refractivity contribution in [2.75, 3.05) is 13.1 Å². The molecule has 3 rings (SSSR count). The number of likely N-dealkylation sites (tertiary alicyclic amines) is 1. The highest BCUT2D eigenvalue weighted by Crippen LogP contribution is 2.37. The second kappa shape index (κ2) is 5.19. The van der Waals surface area contributed by atoms with Crippen LogP contribution in [0.5, 0.6) is 0 Å². The van der Waals surface area contributed by atoms with Crippen LogP contribution in [0.4, 0.5) is 0 Å². The van der Waals surface area contributed by atoms with Gasteiger partial charge in [0.05, 0.1) is 5.92 Å². The van der Waals surface area contributed by atoms with E-state index in [0.29, 0.717) is 37.5 Å². The van der Waals surface area contributed by atoms with E-state index in [2.05, 4.69) is 9.97 Å². The third kappa shape index (κ3) is 2.64. The number of nitrogens with zero attached hydrogens (tertiary/aromatic N) is 3. The Kier molecular flexibility index (Phi) is 3.38. The number of aliphatic carboxylic acids is 1. The Bertz CT molecular complexity index is 534. The zero-order valence-corrected chi connectivity index (χ0v) is 11.2. The zero-order valence-electron chi connectivity index (χ0n) is 11.2. The van der Waals surface area contributed by atoms with Crippen LogP contribution in [0.3, 0.4) is 0 Å². The number of hydrogen-bond acceptors (Lipinski definition) is 4. The van der Waals surface area contributed by atoms with E-state index in [1.165, 1.54) is 0 Å². The first-order chi connectivity index (χ1) is 9.65. The van der Waals surface area contributed by atoms with E-state index < -0.39 is 5.97 Å². The van der Waals surface area contributed by atoms with E-state index in [1.54, 1.807) is 17.2 Å². The van der Waals surface area contributed by atoms with Crippen molar-refractivity contribution in [1.29, 1.82) is 0 Å². The maximum Gasteiger partial charge on any atom is 0.306 e. The molecule has 2 aliphatic rings. The van der Waals surface area contributed by atoms with Gasteiger partial charge in [0.25, 0.3) is 5.91 Å². The molecule has 106 valence electrons. The van der Waals surface area contributed by atoms with Gasteiger partial charge in [0.15, 0.2) is 0 Å². The lowest BCUT2D eigenvalue weighted by molar-refractivity contribution is -0.143. The molecular weight excluding hydrogens is 258 g/mol. The summed E-state index contributed by atoms with van der Waals surface area (Å²) in [5.74, 6) is -0.0310. The predicted molar refractivity (Wildman–Crippen MR) is 70.3 cm³/mol. The molecule has 1 aromatic rings. The Labute approximate surface area is 116 Å². The van der Waals surface area contributed by atoms with E-state index in [0.717, 1.165) is 18.7 Å². The van der Waals surface area contributed by atoms with E-state index in [-0.39, 0.29) is 11.8 Å². The monoisotopic (exact) mass is 275 g/mol. The molecule has 0 atom stereocenters. The lowest BCUT2D eigenvalue weighted by Gasteiger charge is -2.29. The van der Waals surface area contributed by atoms with Crippen molar-refractivity contribution >= 4 is 11.9 Å². The summed E-state index contributed by atoms with van der Waals surface area (Å²) in [6, 6.07) is 1.64. The number of amides is 1. The molecule has 0 spiro atoms. The number of rotatable bonds is 3. The topological polar surface area (TPSA) is 83.4 Å². The molecule has 20 heavy (non-hydrogen) atoms. The fourth-order valence-electron chi connectivity index (χ4n) is 2.52. The SMILES string of the molecule is O=C(O)C1CCN(C(=O)c2ccnc(C3CC3)n2)CC1. The first kappa shape index (κ1) is 13.0. The van der Waals surface area contributed by atoms with Gasteiger partial charge in [-0.1, -0.05) is 0 Å². The number of aromatic nitrogens is 2. The van der Waals surface area contributed by atoms with Crippen LogP contribution in [0.15, 0.2) is 12.3 Å². The van der Waals surface area contributed by atoms with Gasteiger partial charge >= 0.3 is 5.97 Å². The van der Waals surface area contributed by atoms with Crippen molar-refractivity contribution in [3.63, 3.8) is 0 Å². The highest BCUT2D eigenvalue weighted by Gasteiger charge is 2.30. The van der Waals surface area contributed by atoms with Gasteiger partial charge in [-0.25, -0.2) is 9.97 Å². The fourth-order valence-corrected chi connectivity index (χ4v) is 2.52. The van der Waals surface area contributed by atoms with Crippen molar-refractivity contribution in [2.45, 2.75) is 31.6 Å². The van der Waals surface area contributed by atoms with Gasteiger partial charge in [-0.15, -0.1) is 0 Å². The van der Waals surface area contributed by atoms with Crippen LogP contribution in [0, 0.1) is 5.92 Å². The third-order valence-electron chi connectivity index (χ3n) is 3.97. The molecule has 2 heterocycles. The molecule has 6 heteroatoms. The summed E-state index contributed by atoms with van der Waals surface area (Å²) in [6.45, 7) is 0.969. The Morgan fingerprint density at radius 2 is 1.90 bits per heavy atom. The minimum atomic E-state index is -0.768. The largest absolute Gasteiger partial charge is 0.481 e. The van der Waals surface area contributed by atoms with E-state index >= 15 is 0 Å². The van der Waals surface area contributed by atoms with Gasteiger partial charge < -0.3 is 10.0 Å². The summed E-state index contributed by atoms with van der Waals surface area (Å²) in [4.78, 5) is 33.5. The molecule has 0 aromatic carbocycles. The van der Waals surface area contributed by atoms with Crippen LogP contribution in [-0.4, -0.2) is 44.9 Å². The summed E-state index contributed by atoms with van der Waals surface area (Å²) in [7, 11) is 0. The average Bonchev–Trinajstić information content (AvgIpc) is 3.31. The number of carbonyl (C=O) groups is 2. The quantitative estimate of drug-likeness (QED) is 0.898. The average molecular weight is 275 g/mol. The molecular formula is C14H17N3O3. The van der Waals surface area contributed by atoms with Crippen LogP contribution < -0.4 is 0 Å². The number of carboxylic acid groups (broad SMARTS) is 1. The molecule has 6 nitrogen and oxygen atoms in total. The molecule has 1 aromatic heterocycles. The Morgan fingerprint density at radius 1 is 1.20 bits per heavy atom. The standard InChI is InChI=1S/C14H17N3O3/c18-13(17-7-4-10(5-8-17)14(19)20)11-3-6-15-12(16-11)9-1-2-9/h3,6,9-10H,1-2,4-5,7-8H2,(H,19,20). The maximum absolute atomic E-state index is 12.4. The van der Waals surface area contributed by atoms with Crippen molar-refractivity contribution in [1.82, 2.24) is 14.9 Å². The molecule has 0 unspecified atom stereocenters. The summed E-state index contributed by atoms with van der Waals surface area (Å²) in [5.41, 5.74) is 0.427. The Balaban J connectivity index is 1.67. The molecule has 1 aliphatic heterocycles. The number of hydrogen-bond donors (Lipinski definition) is 1. The van der Waals surface area contributed by atoms with Crippen LogP contribution in [-0.2, 0) is 4.79 Å². The molecule has 0 radical (unpaired) electrons. The lowest BCUT2D eigenvalue weighted by Crippen LogP contribution is -2.40. The van der Waals surface area contributed by atoms with Gasteiger partial charge in [-0.3, -0.25) is 9.59 Å². The molecule has 2 fully saturated rings. The van der Waals surface area contributed by atoms with Crippen LogP contribution in [0.25, 0.3) is 0 Å². The second-order valence-electron chi connectivity index (χ2n) is 5.48. The minimum absolute atomic E-state index is 0.113. The predicted octanol–water partition coefficient (Wildman–Crippen LogP) is 1.29.